The molecule has 1 saturated heterocycles. The fraction of sp³-hybridized carbons (Fsp3) is 0.316. The van der Waals surface area contributed by atoms with Gasteiger partial charge in [0.25, 0.3) is 0 Å². The van der Waals surface area contributed by atoms with Gasteiger partial charge in [-0.15, -0.1) is 0 Å². The van der Waals surface area contributed by atoms with E-state index in [4.69, 9.17) is 0 Å². The Kier molecular flexibility index (Phi) is 6.55. The van der Waals surface area contributed by atoms with Crippen LogP contribution in [0.2, 0.25) is 0 Å². The lowest BCUT2D eigenvalue weighted by molar-refractivity contribution is -0.128. The minimum absolute atomic E-state index is 0.0221. The number of nitrogens with one attached hydrogen (secondary N) is 2. The van der Waals surface area contributed by atoms with Crippen LogP contribution in [0.5, 0.6) is 0 Å². The van der Waals surface area contributed by atoms with Gasteiger partial charge in [-0.1, -0.05) is 0 Å². The Labute approximate surface area is 168 Å². The van der Waals surface area contributed by atoms with E-state index in [1.54, 1.807) is 18.3 Å². The largest absolute Gasteiger partial charge is 0.347 e. The summed E-state index contributed by atoms with van der Waals surface area (Å²) < 4.78 is 39.5. The van der Waals surface area contributed by atoms with Crippen molar-refractivity contribution in [2.75, 3.05) is 25.0 Å². The quantitative estimate of drug-likeness (QED) is 0.734. The zero-order valence-electron chi connectivity index (χ0n) is 15.5. The average molecular weight is 420 g/mol. The van der Waals surface area contributed by atoms with E-state index in [-0.39, 0.29) is 42.3 Å². The van der Waals surface area contributed by atoms with Gasteiger partial charge < -0.3 is 10.6 Å². The van der Waals surface area contributed by atoms with Gasteiger partial charge >= 0.3 is 0 Å². The Balaban J connectivity index is 1.48. The van der Waals surface area contributed by atoms with Crippen LogP contribution in [-0.4, -0.2) is 49.2 Å². The van der Waals surface area contributed by atoms with Crippen LogP contribution < -0.4 is 10.6 Å². The van der Waals surface area contributed by atoms with Crippen molar-refractivity contribution >= 4 is 27.5 Å². The molecule has 0 spiro atoms. The lowest BCUT2D eigenvalue weighted by atomic mass is 9.97. The maximum atomic E-state index is 13.0. The lowest BCUT2D eigenvalue weighted by Gasteiger charge is -2.30. The van der Waals surface area contributed by atoms with Gasteiger partial charge in [0.1, 0.15) is 5.82 Å². The van der Waals surface area contributed by atoms with Crippen LogP contribution in [0.25, 0.3) is 0 Å². The summed E-state index contributed by atoms with van der Waals surface area (Å²) in [4.78, 5) is 28.1. The molecule has 2 aromatic rings. The van der Waals surface area contributed by atoms with Crippen LogP contribution in [0, 0.1) is 11.7 Å². The molecule has 3 rings (SSSR count). The molecule has 0 bridgehead atoms. The number of hydrogen-bond acceptors (Lipinski definition) is 5. The lowest BCUT2D eigenvalue weighted by Crippen LogP contribution is -2.44. The first-order valence-corrected chi connectivity index (χ1v) is 10.5. The summed E-state index contributed by atoms with van der Waals surface area (Å²) in [6, 6.07) is 8.02. The molecule has 1 aliphatic rings. The number of rotatable bonds is 6. The Morgan fingerprint density at radius 1 is 1.14 bits per heavy atom. The van der Waals surface area contributed by atoms with Crippen molar-refractivity contribution in [1.82, 2.24) is 14.6 Å². The van der Waals surface area contributed by atoms with Gasteiger partial charge in [0.15, 0.2) is 0 Å². The van der Waals surface area contributed by atoms with Gasteiger partial charge in [0, 0.05) is 25.2 Å². The molecule has 29 heavy (non-hydrogen) atoms. The fourth-order valence-electron chi connectivity index (χ4n) is 3.07. The van der Waals surface area contributed by atoms with Gasteiger partial charge in [-0.05, 0) is 49.2 Å². The van der Waals surface area contributed by atoms with Crippen LogP contribution in [0.3, 0.4) is 0 Å². The maximum absolute atomic E-state index is 13.0. The van der Waals surface area contributed by atoms with E-state index in [1.807, 2.05) is 0 Å². The van der Waals surface area contributed by atoms with E-state index >= 15 is 0 Å². The third kappa shape index (κ3) is 5.36. The molecule has 0 atom stereocenters. The molecule has 8 nitrogen and oxygen atoms in total. The third-order valence-corrected chi connectivity index (χ3v) is 6.56. The molecule has 2 heterocycles. The molecule has 1 aliphatic heterocycles. The Morgan fingerprint density at radius 3 is 2.45 bits per heavy atom. The van der Waals surface area contributed by atoms with Crippen LogP contribution in [0.1, 0.15) is 12.8 Å². The number of carbonyl (C=O) groups excluding carboxylic acids is 2. The van der Waals surface area contributed by atoms with E-state index in [1.165, 1.54) is 22.6 Å². The van der Waals surface area contributed by atoms with Crippen molar-refractivity contribution < 1.29 is 22.4 Å². The van der Waals surface area contributed by atoms with Crippen molar-refractivity contribution in [3.8, 4) is 0 Å². The number of carbonyl (C=O) groups is 2. The second-order valence-corrected chi connectivity index (χ2v) is 8.58. The predicted octanol–water partition coefficient (Wildman–Crippen LogP) is 1.38. The summed E-state index contributed by atoms with van der Waals surface area (Å²) in [5, 5.41) is 5.20. The van der Waals surface area contributed by atoms with E-state index in [0.717, 1.165) is 12.1 Å². The van der Waals surface area contributed by atoms with Gasteiger partial charge in [0.05, 0.1) is 23.3 Å². The first-order valence-electron chi connectivity index (χ1n) is 9.09. The third-order valence-electron chi connectivity index (χ3n) is 4.64. The molecule has 0 aliphatic carbocycles. The van der Waals surface area contributed by atoms with Crippen LogP contribution in [0.4, 0.5) is 10.1 Å². The normalized spacial score (nSPS) is 15.6. The van der Waals surface area contributed by atoms with E-state index in [2.05, 4.69) is 15.6 Å². The molecule has 0 saturated carbocycles. The average Bonchev–Trinajstić information content (AvgIpc) is 2.73. The SMILES string of the molecule is O=C(CNC(=O)C1CCN(S(=O)(=O)c2ccc(F)cc2)CC1)Nc1cccnc1. The number of hydrogen-bond donors (Lipinski definition) is 2. The summed E-state index contributed by atoms with van der Waals surface area (Å²) >= 11 is 0. The van der Waals surface area contributed by atoms with Crippen LogP contribution >= 0.6 is 0 Å². The standard InChI is InChI=1S/C19H21FN4O4S/c20-15-3-5-17(6-4-15)29(27,28)24-10-7-14(8-11-24)19(26)22-13-18(25)23-16-2-1-9-21-12-16/h1-6,9,12,14H,7-8,10-11,13H2,(H,22,26)(H,23,25). The molecule has 154 valence electrons. The molecular weight excluding hydrogens is 399 g/mol. The van der Waals surface area contributed by atoms with Gasteiger partial charge in [-0.2, -0.15) is 4.31 Å². The van der Waals surface area contributed by atoms with Crippen molar-refractivity contribution in [1.29, 1.82) is 0 Å². The second-order valence-electron chi connectivity index (χ2n) is 6.64. The number of nitrogens with zero attached hydrogens (tertiary/aromatic N) is 2. The van der Waals surface area contributed by atoms with E-state index in [0.29, 0.717) is 18.5 Å². The highest BCUT2D eigenvalue weighted by molar-refractivity contribution is 7.89. The summed E-state index contributed by atoms with van der Waals surface area (Å²) in [6.07, 6.45) is 3.77. The topological polar surface area (TPSA) is 108 Å². The van der Waals surface area contributed by atoms with E-state index < -0.39 is 15.8 Å². The summed E-state index contributed by atoms with van der Waals surface area (Å²) in [5.74, 6) is -1.54. The molecule has 1 aromatic heterocycles. The van der Waals surface area contributed by atoms with E-state index in [9.17, 15) is 22.4 Å². The second kappa shape index (κ2) is 9.10. The Hall–Kier alpha value is -2.85. The Bertz CT molecular complexity index is 959. The predicted molar refractivity (Wildman–Crippen MR) is 104 cm³/mol. The molecule has 1 aromatic carbocycles. The Morgan fingerprint density at radius 2 is 1.83 bits per heavy atom. The highest BCUT2D eigenvalue weighted by atomic mass is 32.2. The van der Waals surface area contributed by atoms with Crippen LogP contribution in [-0.2, 0) is 19.6 Å². The van der Waals surface area contributed by atoms with Crippen molar-refractivity contribution in [3.63, 3.8) is 0 Å². The number of pyridine rings is 1. The number of piperidine rings is 1. The molecule has 2 amide bonds. The molecule has 2 N–H and O–H groups in total. The monoisotopic (exact) mass is 420 g/mol. The summed E-state index contributed by atoms with van der Waals surface area (Å²) in [7, 11) is -3.72. The molecule has 1 fully saturated rings. The molecular formula is C19H21FN4O4S. The molecule has 10 heteroatoms. The van der Waals surface area contributed by atoms with Crippen molar-refractivity contribution in [2.24, 2.45) is 5.92 Å². The first-order chi connectivity index (χ1) is 13.9. The molecule has 0 unspecified atom stereocenters. The minimum atomic E-state index is -3.72. The highest BCUT2D eigenvalue weighted by Gasteiger charge is 2.32. The maximum Gasteiger partial charge on any atom is 0.243 e. The van der Waals surface area contributed by atoms with Crippen molar-refractivity contribution in [2.45, 2.75) is 17.7 Å². The highest BCUT2D eigenvalue weighted by Crippen LogP contribution is 2.24. The number of anilines is 1. The minimum Gasteiger partial charge on any atom is -0.347 e. The summed E-state index contributed by atoms with van der Waals surface area (Å²) in [6.45, 7) is 0.182. The number of halogens is 1. The van der Waals surface area contributed by atoms with Gasteiger partial charge in [-0.3, -0.25) is 14.6 Å². The molecule has 0 radical (unpaired) electrons. The van der Waals surface area contributed by atoms with Gasteiger partial charge in [-0.25, -0.2) is 12.8 Å². The zero-order valence-corrected chi connectivity index (χ0v) is 16.4. The van der Waals surface area contributed by atoms with Gasteiger partial charge in [0.2, 0.25) is 21.8 Å². The number of amides is 2. The fourth-order valence-corrected chi connectivity index (χ4v) is 4.54. The summed E-state index contributed by atoms with van der Waals surface area (Å²) in [5.41, 5.74) is 0.533. The number of sulfonamides is 1. The number of benzene rings is 1. The smallest absolute Gasteiger partial charge is 0.243 e. The van der Waals surface area contributed by atoms with Crippen molar-refractivity contribution in [3.05, 3.63) is 54.6 Å². The zero-order chi connectivity index (χ0) is 20.9. The van der Waals surface area contributed by atoms with Crippen LogP contribution in [0.15, 0.2) is 53.7 Å². The number of aromatic nitrogens is 1. The first kappa shape index (κ1) is 20.9.